The second-order valence-electron chi connectivity index (χ2n) is 3.48. The van der Waals surface area contributed by atoms with E-state index in [1.165, 1.54) is 5.56 Å². The topological polar surface area (TPSA) is 42.7 Å². The summed E-state index contributed by atoms with van der Waals surface area (Å²) in [5.74, 6) is 0. The number of aryl methyl sites for hydroxylation is 1. The Bertz CT molecular complexity index is 508. The van der Waals surface area contributed by atoms with E-state index in [1.807, 2.05) is 17.9 Å². The molecule has 1 N–H and O–H groups in total. The summed E-state index contributed by atoms with van der Waals surface area (Å²) < 4.78 is 4.13. The Hall–Kier alpha value is -0.240. The smallest absolute Gasteiger partial charge is 0.0802 e. The van der Waals surface area contributed by atoms with Gasteiger partial charge in [-0.2, -0.15) is 0 Å². The lowest BCUT2D eigenvalue weighted by molar-refractivity contribution is 0.552. The highest BCUT2D eigenvalue weighted by Crippen LogP contribution is 2.37. The third-order valence-corrected chi connectivity index (χ3v) is 4.91. The van der Waals surface area contributed by atoms with Crippen LogP contribution in [0, 0.1) is 0 Å². The van der Waals surface area contributed by atoms with Crippen LogP contribution >= 0.6 is 43.2 Å². The second kappa shape index (κ2) is 5.60. The van der Waals surface area contributed by atoms with Gasteiger partial charge in [0.1, 0.15) is 0 Å². The number of hydrogen-bond acceptors (Lipinski definition) is 4. The first-order valence-electron chi connectivity index (χ1n) is 5.17. The van der Waals surface area contributed by atoms with Crippen LogP contribution < -0.4 is 5.32 Å². The molecule has 2 aromatic rings. The summed E-state index contributed by atoms with van der Waals surface area (Å²) in [6.07, 6.45) is 1.81. The van der Waals surface area contributed by atoms with Crippen LogP contribution in [0.1, 0.15) is 24.2 Å². The Morgan fingerprint density at radius 2 is 2.29 bits per heavy atom. The number of halogens is 2. The first-order valence-corrected chi connectivity index (χ1v) is 7.58. The lowest BCUT2D eigenvalue weighted by Gasteiger charge is -2.16. The summed E-state index contributed by atoms with van der Waals surface area (Å²) >= 11 is 8.76. The van der Waals surface area contributed by atoms with Gasteiger partial charge in [-0.05, 0) is 51.9 Å². The number of nitrogens with one attached hydrogen (secondary N) is 1. The van der Waals surface area contributed by atoms with E-state index < -0.39 is 0 Å². The van der Waals surface area contributed by atoms with Gasteiger partial charge in [-0.25, -0.2) is 4.68 Å². The van der Waals surface area contributed by atoms with E-state index in [0.29, 0.717) is 0 Å². The Labute approximate surface area is 121 Å². The van der Waals surface area contributed by atoms with Crippen molar-refractivity contribution in [1.82, 2.24) is 20.3 Å². The summed E-state index contributed by atoms with van der Waals surface area (Å²) in [5.41, 5.74) is 2.27. The molecule has 17 heavy (non-hydrogen) atoms. The lowest BCUT2D eigenvalue weighted by atomic mass is 10.1. The standard InChI is InChI=1S/C10H12Br2N4S/c1-3-16-7(5-14-15-16)9(13-2)6-4-8(11)17-10(6)12/h4-5,9,13H,3H2,1-2H3. The fourth-order valence-corrected chi connectivity index (χ4v) is 4.65. The van der Waals surface area contributed by atoms with E-state index in [2.05, 4.69) is 60.5 Å². The molecular formula is C10H12Br2N4S. The summed E-state index contributed by atoms with van der Waals surface area (Å²) in [5, 5.41) is 11.3. The van der Waals surface area contributed by atoms with Gasteiger partial charge in [-0.3, -0.25) is 0 Å². The highest BCUT2D eigenvalue weighted by molar-refractivity contribution is 9.12. The second-order valence-corrected chi connectivity index (χ2v) is 7.23. The van der Waals surface area contributed by atoms with Crippen molar-refractivity contribution in [3.05, 3.63) is 31.1 Å². The Kier molecular flexibility index (Phi) is 4.35. The molecule has 2 rings (SSSR count). The highest BCUT2D eigenvalue weighted by Gasteiger charge is 2.21. The van der Waals surface area contributed by atoms with Crippen molar-refractivity contribution < 1.29 is 0 Å². The van der Waals surface area contributed by atoms with E-state index >= 15 is 0 Å². The Morgan fingerprint density at radius 1 is 1.53 bits per heavy atom. The van der Waals surface area contributed by atoms with Crippen molar-refractivity contribution in [3.8, 4) is 0 Å². The van der Waals surface area contributed by atoms with E-state index in [-0.39, 0.29) is 6.04 Å². The summed E-state index contributed by atoms with van der Waals surface area (Å²) in [6.45, 7) is 2.87. The molecule has 0 fully saturated rings. The molecule has 2 aromatic heterocycles. The van der Waals surface area contributed by atoms with E-state index in [9.17, 15) is 0 Å². The lowest BCUT2D eigenvalue weighted by Crippen LogP contribution is -2.21. The zero-order valence-electron chi connectivity index (χ0n) is 9.44. The molecule has 0 saturated carbocycles. The normalized spacial score (nSPS) is 12.9. The summed E-state index contributed by atoms with van der Waals surface area (Å²) in [6, 6.07) is 2.21. The maximum Gasteiger partial charge on any atom is 0.0802 e. The Morgan fingerprint density at radius 3 is 2.82 bits per heavy atom. The molecular weight excluding hydrogens is 368 g/mol. The molecule has 0 amide bonds. The highest BCUT2D eigenvalue weighted by atomic mass is 79.9. The molecule has 92 valence electrons. The molecule has 2 heterocycles. The summed E-state index contributed by atoms with van der Waals surface area (Å²) in [7, 11) is 1.94. The van der Waals surface area contributed by atoms with Gasteiger partial charge in [0.25, 0.3) is 0 Å². The van der Waals surface area contributed by atoms with Gasteiger partial charge < -0.3 is 5.32 Å². The molecule has 0 bridgehead atoms. The van der Waals surface area contributed by atoms with Crippen LogP contribution in [0.15, 0.2) is 19.8 Å². The minimum Gasteiger partial charge on any atom is -0.308 e. The monoisotopic (exact) mass is 378 g/mol. The van der Waals surface area contributed by atoms with Gasteiger partial charge in [0.2, 0.25) is 0 Å². The first-order chi connectivity index (χ1) is 8.17. The van der Waals surface area contributed by atoms with E-state index in [1.54, 1.807) is 11.3 Å². The minimum atomic E-state index is 0.0990. The molecule has 0 saturated heterocycles. The van der Waals surface area contributed by atoms with Crippen molar-refractivity contribution in [3.63, 3.8) is 0 Å². The zero-order valence-corrected chi connectivity index (χ0v) is 13.4. The maximum absolute atomic E-state index is 4.07. The van der Waals surface area contributed by atoms with Gasteiger partial charge >= 0.3 is 0 Å². The molecule has 0 spiro atoms. The largest absolute Gasteiger partial charge is 0.308 e. The predicted molar refractivity (Wildman–Crippen MR) is 76.3 cm³/mol. The number of aromatic nitrogens is 3. The van der Waals surface area contributed by atoms with Gasteiger partial charge in [0, 0.05) is 12.1 Å². The predicted octanol–water partition coefficient (Wildman–Crippen LogP) is 3.19. The van der Waals surface area contributed by atoms with Gasteiger partial charge in [0.15, 0.2) is 0 Å². The van der Waals surface area contributed by atoms with Crippen molar-refractivity contribution >= 4 is 43.2 Å². The molecule has 0 aliphatic rings. The number of thiophene rings is 1. The van der Waals surface area contributed by atoms with Crippen LogP contribution in [-0.2, 0) is 6.54 Å². The average Bonchev–Trinajstić information content (AvgIpc) is 2.88. The van der Waals surface area contributed by atoms with Crippen LogP contribution in [0.2, 0.25) is 0 Å². The molecule has 0 aliphatic heterocycles. The molecule has 4 nitrogen and oxygen atoms in total. The molecule has 0 radical (unpaired) electrons. The van der Waals surface area contributed by atoms with Crippen LogP contribution in [0.5, 0.6) is 0 Å². The Balaban J connectivity index is 2.43. The molecule has 1 atom stereocenters. The fraction of sp³-hybridized carbons (Fsp3) is 0.400. The quantitative estimate of drug-likeness (QED) is 0.886. The van der Waals surface area contributed by atoms with Gasteiger partial charge in [-0.15, -0.1) is 16.4 Å². The van der Waals surface area contributed by atoms with Crippen molar-refractivity contribution in [2.75, 3.05) is 7.05 Å². The molecule has 0 aromatic carbocycles. The number of rotatable bonds is 4. The van der Waals surface area contributed by atoms with Gasteiger partial charge in [-0.1, -0.05) is 5.21 Å². The van der Waals surface area contributed by atoms with Crippen molar-refractivity contribution in [2.45, 2.75) is 19.5 Å². The minimum absolute atomic E-state index is 0.0990. The molecule has 7 heteroatoms. The third-order valence-electron chi connectivity index (χ3n) is 2.53. The maximum atomic E-state index is 4.07. The van der Waals surface area contributed by atoms with Crippen molar-refractivity contribution in [2.24, 2.45) is 0 Å². The van der Waals surface area contributed by atoms with E-state index in [4.69, 9.17) is 0 Å². The van der Waals surface area contributed by atoms with Crippen LogP contribution in [-0.4, -0.2) is 22.0 Å². The molecule has 1 unspecified atom stereocenters. The first kappa shape index (κ1) is 13.2. The van der Waals surface area contributed by atoms with E-state index in [0.717, 1.165) is 19.8 Å². The van der Waals surface area contributed by atoms with Crippen LogP contribution in [0.25, 0.3) is 0 Å². The fourth-order valence-electron chi connectivity index (χ4n) is 1.75. The zero-order chi connectivity index (χ0) is 12.4. The average molecular weight is 380 g/mol. The SMILES string of the molecule is CCn1nncc1C(NC)c1cc(Br)sc1Br. The van der Waals surface area contributed by atoms with Crippen molar-refractivity contribution in [1.29, 1.82) is 0 Å². The van der Waals surface area contributed by atoms with Crippen LogP contribution in [0.4, 0.5) is 0 Å². The number of hydrogen-bond donors (Lipinski definition) is 1. The number of nitrogens with zero attached hydrogens (tertiary/aromatic N) is 3. The van der Waals surface area contributed by atoms with Crippen LogP contribution in [0.3, 0.4) is 0 Å². The van der Waals surface area contributed by atoms with Gasteiger partial charge in [0.05, 0.1) is 25.5 Å². The molecule has 0 aliphatic carbocycles. The summed E-state index contributed by atoms with van der Waals surface area (Å²) in [4.78, 5) is 0. The third kappa shape index (κ3) is 2.62.